The molecular formula is C29H34F4N3O3PS. The van der Waals surface area contributed by atoms with Crippen LogP contribution in [-0.2, 0) is 11.0 Å². The number of halogens is 4. The van der Waals surface area contributed by atoms with E-state index in [-0.39, 0.29) is 12.1 Å². The first-order valence-electron chi connectivity index (χ1n) is 13.1. The Kier molecular flexibility index (Phi) is 9.47. The van der Waals surface area contributed by atoms with E-state index in [1.54, 1.807) is 43.7 Å². The van der Waals surface area contributed by atoms with Gasteiger partial charge in [0.2, 0.25) is 0 Å². The molecule has 2 atom stereocenters. The van der Waals surface area contributed by atoms with Gasteiger partial charge in [-0.15, -0.1) is 11.3 Å². The minimum atomic E-state index is -4.42. The molecule has 1 saturated heterocycles. The summed E-state index contributed by atoms with van der Waals surface area (Å²) in [5.74, 6) is 6.58. The molecular weight excluding hydrogens is 577 g/mol. The van der Waals surface area contributed by atoms with Crippen LogP contribution < -0.4 is 25.4 Å². The molecule has 0 unspecified atom stereocenters. The van der Waals surface area contributed by atoms with E-state index < -0.39 is 32.0 Å². The van der Waals surface area contributed by atoms with Gasteiger partial charge in [0.1, 0.15) is 13.3 Å². The van der Waals surface area contributed by atoms with Gasteiger partial charge in [-0.05, 0) is 55.9 Å². The van der Waals surface area contributed by atoms with Crippen LogP contribution in [0.25, 0.3) is 10.1 Å². The maximum atomic E-state index is 14.7. The molecule has 0 bridgehead atoms. The van der Waals surface area contributed by atoms with Gasteiger partial charge < -0.3 is 29.6 Å². The minimum absolute atomic E-state index is 0.110. The monoisotopic (exact) mass is 611 g/mol. The number of piperidine rings is 1. The number of nitrogens with one attached hydrogen (secondary N) is 2. The Balaban J connectivity index is 1.63. The van der Waals surface area contributed by atoms with Crippen LogP contribution in [0, 0.1) is 11.8 Å². The van der Waals surface area contributed by atoms with E-state index >= 15 is 0 Å². The fourth-order valence-electron chi connectivity index (χ4n) is 4.96. The third-order valence-electron chi connectivity index (χ3n) is 6.93. The van der Waals surface area contributed by atoms with Gasteiger partial charge in [-0.3, -0.25) is 0 Å². The fourth-order valence-corrected chi connectivity index (χ4v) is 7.25. The summed E-state index contributed by atoms with van der Waals surface area (Å²) in [7, 11) is 2.16. The van der Waals surface area contributed by atoms with E-state index in [9.17, 15) is 22.1 Å². The van der Waals surface area contributed by atoms with Crippen LogP contribution in [0.2, 0.25) is 0 Å². The second-order valence-corrected chi connectivity index (χ2v) is 14.6. The SMILES string of the molecule is COc1c(NCC#Cc2sc3c(N[C@@H]4CCN(C)C[C@@H]4F)cccc3c2CC(F)(F)F)ccc(P(C)(C)=O)c1OC. The number of hydrogen-bond acceptors (Lipinski definition) is 7. The fraction of sp³-hybridized carbons (Fsp3) is 0.448. The van der Waals surface area contributed by atoms with Crippen LogP contribution in [0.3, 0.4) is 0 Å². The van der Waals surface area contributed by atoms with E-state index in [0.29, 0.717) is 56.1 Å². The zero-order valence-corrected chi connectivity index (χ0v) is 25.3. The average molecular weight is 612 g/mol. The van der Waals surface area contributed by atoms with Gasteiger partial charge >= 0.3 is 6.18 Å². The number of hydrogen-bond donors (Lipinski definition) is 2. The standard InChI is InChI=1S/C29H34F4N3O3PS/c1-36-15-13-21(20(30)17-36)35-23-9-6-8-18-19(16-29(31,32)33)25(41-28(18)23)10-7-14-34-22-11-12-24(40(4,5)37)27(39-3)26(22)38-2/h6,8-9,11-12,20-21,34-35H,13-17H2,1-5H3/t20-,21+/m0/s1. The van der Waals surface area contributed by atoms with Crippen molar-refractivity contribution in [2.45, 2.75) is 31.2 Å². The van der Waals surface area contributed by atoms with E-state index in [1.807, 2.05) is 11.9 Å². The Hall–Kier alpha value is -2.93. The molecule has 2 heterocycles. The number of fused-ring (bicyclic) bond motifs is 1. The molecule has 0 saturated carbocycles. The highest BCUT2D eigenvalue weighted by molar-refractivity contribution is 7.70. The molecule has 2 aromatic carbocycles. The lowest BCUT2D eigenvalue weighted by atomic mass is 10.0. The second kappa shape index (κ2) is 12.5. The Labute approximate surface area is 241 Å². The van der Waals surface area contributed by atoms with Crippen molar-refractivity contribution in [3.8, 4) is 23.3 Å². The molecule has 2 N–H and O–H groups in total. The van der Waals surface area contributed by atoms with Gasteiger partial charge in [-0.25, -0.2) is 4.39 Å². The molecule has 0 radical (unpaired) electrons. The van der Waals surface area contributed by atoms with Crippen LogP contribution in [0.5, 0.6) is 11.5 Å². The molecule has 41 heavy (non-hydrogen) atoms. The molecule has 0 aliphatic carbocycles. The van der Waals surface area contributed by atoms with Crippen LogP contribution in [0.15, 0.2) is 30.3 Å². The molecule has 3 aromatic rings. The molecule has 0 amide bonds. The summed E-state index contributed by atoms with van der Waals surface area (Å²) in [6.07, 6.45) is -6.03. The lowest BCUT2D eigenvalue weighted by Crippen LogP contribution is -2.46. The van der Waals surface area contributed by atoms with Crippen LogP contribution in [-0.4, -0.2) is 77.5 Å². The average Bonchev–Trinajstić information content (AvgIpc) is 3.23. The molecule has 0 spiro atoms. The van der Waals surface area contributed by atoms with Gasteiger partial charge in [0, 0.05) is 13.1 Å². The van der Waals surface area contributed by atoms with Gasteiger partial charge in [0.25, 0.3) is 0 Å². The summed E-state index contributed by atoms with van der Waals surface area (Å²) in [5.41, 5.74) is 1.27. The first kappa shape index (κ1) is 31.0. The van der Waals surface area contributed by atoms with E-state index in [4.69, 9.17) is 9.47 Å². The number of thiophene rings is 1. The number of ether oxygens (including phenoxy) is 2. The number of alkyl halides is 4. The zero-order chi connectivity index (χ0) is 29.9. The first-order valence-corrected chi connectivity index (χ1v) is 16.5. The maximum absolute atomic E-state index is 14.7. The van der Waals surface area contributed by atoms with Crippen molar-refractivity contribution >= 4 is 45.2 Å². The lowest BCUT2D eigenvalue weighted by Gasteiger charge is -2.33. The molecule has 1 aliphatic heterocycles. The summed E-state index contributed by atoms with van der Waals surface area (Å²) in [4.78, 5) is 2.23. The second-order valence-electron chi connectivity index (χ2n) is 10.4. The van der Waals surface area contributed by atoms with Crippen LogP contribution in [0.1, 0.15) is 16.9 Å². The summed E-state index contributed by atoms with van der Waals surface area (Å²) in [6.45, 7) is 4.42. The summed E-state index contributed by atoms with van der Waals surface area (Å²) >= 11 is 1.17. The molecule has 1 fully saturated rings. The number of anilines is 2. The summed E-state index contributed by atoms with van der Waals surface area (Å²) in [6, 6.07) is 8.11. The van der Waals surface area contributed by atoms with E-state index in [0.717, 1.165) is 6.54 Å². The number of nitrogens with zero attached hydrogens (tertiary/aromatic N) is 1. The Morgan fingerprint density at radius 1 is 1.12 bits per heavy atom. The van der Waals surface area contributed by atoms with Crippen molar-refractivity contribution in [3.05, 3.63) is 40.8 Å². The molecule has 12 heteroatoms. The van der Waals surface area contributed by atoms with Crippen molar-refractivity contribution < 1.29 is 31.6 Å². The predicted molar refractivity (Wildman–Crippen MR) is 160 cm³/mol. The number of methoxy groups -OCH3 is 2. The number of likely N-dealkylation sites (tertiary alicyclic amines) is 1. The smallest absolute Gasteiger partial charge is 0.393 e. The van der Waals surface area contributed by atoms with Gasteiger partial charge in [0.05, 0.1) is 59.5 Å². The largest absolute Gasteiger partial charge is 0.492 e. The molecule has 1 aliphatic rings. The van der Waals surface area contributed by atoms with Gasteiger partial charge in [0.15, 0.2) is 11.5 Å². The zero-order valence-electron chi connectivity index (χ0n) is 23.6. The number of rotatable bonds is 8. The van der Waals surface area contributed by atoms with Crippen molar-refractivity contribution in [3.63, 3.8) is 0 Å². The quantitative estimate of drug-likeness (QED) is 0.180. The van der Waals surface area contributed by atoms with Crippen molar-refractivity contribution in [2.75, 3.05) is 64.9 Å². The molecule has 6 nitrogen and oxygen atoms in total. The van der Waals surface area contributed by atoms with Crippen LogP contribution >= 0.6 is 18.5 Å². The Morgan fingerprint density at radius 3 is 2.49 bits per heavy atom. The highest BCUT2D eigenvalue weighted by atomic mass is 32.1. The highest BCUT2D eigenvalue weighted by Crippen LogP contribution is 2.45. The minimum Gasteiger partial charge on any atom is -0.492 e. The van der Waals surface area contributed by atoms with Crippen molar-refractivity contribution in [1.29, 1.82) is 0 Å². The molecule has 222 valence electrons. The normalized spacial score (nSPS) is 18.1. The van der Waals surface area contributed by atoms with Crippen molar-refractivity contribution in [2.24, 2.45) is 0 Å². The lowest BCUT2D eigenvalue weighted by molar-refractivity contribution is -0.126. The Morgan fingerprint density at radius 2 is 1.85 bits per heavy atom. The van der Waals surface area contributed by atoms with E-state index in [1.165, 1.54) is 25.6 Å². The highest BCUT2D eigenvalue weighted by Gasteiger charge is 2.32. The number of benzene rings is 2. The van der Waals surface area contributed by atoms with Gasteiger partial charge in [-0.1, -0.05) is 24.0 Å². The maximum Gasteiger partial charge on any atom is 0.393 e. The summed E-state index contributed by atoms with van der Waals surface area (Å²) in [5, 5.41) is 7.37. The van der Waals surface area contributed by atoms with E-state index in [2.05, 4.69) is 22.5 Å². The predicted octanol–water partition coefficient (Wildman–Crippen LogP) is 6.19. The third kappa shape index (κ3) is 7.29. The Bertz CT molecular complexity index is 1510. The third-order valence-corrected chi connectivity index (χ3v) is 9.64. The van der Waals surface area contributed by atoms with Crippen molar-refractivity contribution in [1.82, 2.24) is 4.90 Å². The topological polar surface area (TPSA) is 62.8 Å². The van der Waals surface area contributed by atoms with Gasteiger partial charge in [-0.2, -0.15) is 13.2 Å². The first-order chi connectivity index (χ1) is 19.3. The van der Waals surface area contributed by atoms with Crippen LogP contribution in [0.4, 0.5) is 28.9 Å². The molecule has 1 aromatic heterocycles. The summed E-state index contributed by atoms with van der Waals surface area (Å²) < 4.78 is 79.8. The molecule has 4 rings (SSSR count).